The lowest BCUT2D eigenvalue weighted by Gasteiger charge is -2.21. The number of imidazole rings is 1. The number of pyridine rings is 1. The lowest BCUT2D eigenvalue weighted by molar-refractivity contribution is -0.123. The largest absolute Gasteiger partial charge is 0.412 e. The van der Waals surface area contributed by atoms with Crippen molar-refractivity contribution in [3.63, 3.8) is 0 Å². The molecule has 0 spiro atoms. The second-order valence-corrected chi connectivity index (χ2v) is 8.73. The van der Waals surface area contributed by atoms with Crippen molar-refractivity contribution >= 4 is 33.7 Å². The number of anilines is 1. The van der Waals surface area contributed by atoms with Crippen LogP contribution in [-0.2, 0) is 11.2 Å². The molecule has 3 aromatic rings. The molecule has 0 atom stereocenters. The van der Waals surface area contributed by atoms with E-state index < -0.39 is 0 Å². The molecule has 0 aliphatic heterocycles. The van der Waals surface area contributed by atoms with Crippen molar-refractivity contribution in [1.29, 1.82) is 0 Å². The lowest BCUT2D eigenvalue weighted by atomic mass is 10.2. The number of aromatic nitrogens is 3. The number of hydrogen-bond donors (Lipinski definition) is 1. The van der Waals surface area contributed by atoms with Gasteiger partial charge >= 0.3 is 0 Å². The Bertz CT molecular complexity index is 1060. The van der Waals surface area contributed by atoms with Gasteiger partial charge in [-0.2, -0.15) is 4.73 Å². The fourth-order valence-corrected chi connectivity index (χ4v) is 3.96. The summed E-state index contributed by atoms with van der Waals surface area (Å²) in [5, 5.41) is 4.03. The molecule has 0 fully saturated rings. The van der Waals surface area contributed by atoms with Crippen molar-refractivity contribution in [1.82, 2.24) is 20.0 Å². The van der Waals surface area contributed by atoms with Gasteiger partial charge in [0.1, 0.15) is 23.5 Å². The molecule has 180 valence electrons. The van der Waals surface area contributed by atoms with Gasteiger partial charge in [-0.05, 0) is 39.2 Å². The van der Waals surface area contributed by atoms with Crippen LogP contribution in [0.2, 0.25) is 0 Å². The molecule has 3 rings (SSSR count). The van der Waals surface area contributed by atoms with Crippen molar-refractivity contribution in [2.24, 2.45) is 5.92 Å². The van der Waals surface area contributed by atoms with E-state index in [0.717, 1.165) is 78.8 Å². The standard InChI is InChI=1S/C26H39N5O2/c1-6-9-16-22-29-23-24(31(22)33-18-13-12-17-27-26(32)19(4)5)20-14-10-11-15-21(20)28-25(23)30(7-2)8-3/h10-11,14-15,19H,6-9,12-13,16-18H2,1-5H3,(H,27,32). The number of amides is 1. The SMILES string of the molecule is CCCCc1nc2c(N(CC)CC)nc3ccccc3c2n1OCCCCNC(=O)C(C)C. The highest BCUT2D eigenvalue weighted by atomic mass is 16.7. The lowest BCUT2D eigenvalue weighted by Crippen LogP contribution is -2.28. The summed E-state index contributed by atoms with van der Waals surface area (Å²) >= 11 is 0. The minimum absolute atomic E-state index is 0.0154. The molecule has 0 saturated heterocycles. The molecule has 0 bridgehead atoms. The number of carbonyl (C=O) groups is 1. The van der Waals surface area contributed by atoms with Gasteiger partial charge in [-0.1, -0.05) is 45.4 Å². The van der Waals surface area contributed by atoms with Gasteiger partial charge in [0.05, 0.1) is 5.52 Å². The highest BCUT2D eigenvalue weighted by Crippen LogP contribution is 2.32. The molecule has 33 heavy (non-hydrogen) atoms. The van der Waals surface area contributed by atoms with Gasteiger partial charge < -0.3 is 15.1 Å². The smallest absolute Gasteiger partial charge is 0.222 e. The average molecular weight is 454 g/mol. The Balaban J connectivity index is 1.92. The number of aryl methyl sites for hydroxylation is 1. The van der Waals surface area contributed by atoms with Crippen LogP contribution >= 0.6 is 0 Å². The van der Waals surface area contributed by atoms with Crippen molar-refractivity contribution in [3.8, 4) is 0 Å². The van der Waals surface area contributed by atoms with Crippen molar-refractivity contribution in [2.45, 2.75) is 66.7 Å². The number of benzene rings is 1. The number of hydrogen-bond acceptors (Lipinski definition) is 5. The number of para-hydroxylation sites is 1. The molecular weight excluding hydrogens is 414 g/mol. The first-order chi connectivity index (χ1) is 16.0. The molecular formula is C26H39N5O2. The van der Waals surface area contributed by atoms with E-state index in [-0.39, 0.29) is 11.8 Å². The second-order valence-electron chi connectivity index (χ2n) is 8.73. The molecule has 0 aliphatic rings. The van der Waals surface area contributed by atoms with Gasteiger partial charge in [0.25, 0.3) is 0 Å². The first kappa shape index (κ1) is 24.8. The number of rotatable bonds is 13. The monoisotopic (exact) mass is 453 g/mol. The molecule has 7 nitrogen and oxygen atoms in total. The third kappa shape index (κ3) is 5.75. The maximum Gasteiger partial charge on any atom is 0.222 e. The Morgan fingerprint density at radius 2 is 1.85 bits per heavy atom. The number of carbonyl (C=O) groups excluding carboxylic acids is 1. The normalized spacial score (nSPS) is 11.5. The van der Waals surface area contributed by atoms with Gasteiger partial charge in [0.15, 0.2) is 5.82 Å². The molecule has 2 aromatic heterocycles. The molecule has 1 amide bonds. The van der Waals surface area contributed by atoms with Crippen molar-refractivity contribution in [3.05, 3.63) is 30.1 Å². The summed E-state index contributed by atoms with van der Waals surface area (Å²) in [7, 11) is 0. The molecule has 0 unspecified atom stereocenters. The van der Waals surface area contributed by atoms with E-state index >= 15 is 0 Å². The molecule has 1 aromatic carbocycles. The van der Waals surface area contributed by atoms with E-state index in [0.29, 0.717) is 13.2 Å². The van der Waals surface area contributed by atoms with E-state index in [4.69, 9.17) is 14.8 Å². The number of unbranched alkanes of at least 4 members (excludes halogenated alkanes) is 2. The minimum atomic E-state index is 0.0154. The Morgan fingerprint density at radius 3 is 2.55 bits per heavy atom. The molecule has 7 heteroatoms. The zero-order chi connectivity index (χ0) is 23.8. The van der Waals surface area contributed by atoms with Gasteiger partial charge in [-0.3, -0.25) is 4.79 Å². The van der Waals surface area contributed by atoms with Gasteiger partial charge in [0, 0.05) is 37.4 Å². The zero-order valence-corrected chi connectivity index (χ0v) is 20.9. The Morgan fingerprint density at radius 1 is 1.09 bits per heavy atom. The summed E-state index contributed by atoms with van der Waals surface area (Å²) < 4.78 is 1.95. The van der Waals surface area contributed by atoms with E-state index in [1.807, 2.05) is 30.7 Å². The van der Waals surface area contributed by atoms with Crippen LogP contribution in [0.3, 0.4) is 0 Å². The van der Waals surface area contributed by atoms with Crippen LogP contribution in [-0.4, -0.2) is 46.8 Å². The Hall–Kier alpha value is -2.83. The predicted molar refractivity (Wildman–Crippen MR) is 136 cm³/mol. The quantitative estimate of drug-likeness (QED) is 0.378. The van der Waals surface area contributed by atoms with Crippen LogP contribution in [0.5, 0.6) is 0 Å². The highest BCUT2D eigenvalue weighted by molar-refractivity contribution is 6.07. The maximum absolute atomic E-state index is 11.8. The summed E-state index contributed by atoms with van der Waals surface area (Å²) in [5.41, 5.74) is 2.87. The van der Waals surface area contributed by atoms with Gasteiger partial charge in [-0.15, -0.1) is 0 Å². The number of nitrogens with zero attached hydrogens (tertiary/aromatic N) is 4. The van der Waals surface area contributed by atoms with Crippen molar-refractivity contribution in [2.75, 3.05) is 31.1 Å². The van der Waals surface area contributed by atoms with Crippen LogP contribution < -0.4 is 15.1 Å². The summed E-state index contributed by atoms with van der Waals surface area (Å²) in [6, 6.07) is 8.23. The van der Waals surface area contributed by atoms with Gasteiger partial charge in [-0.25, -0.2) is 9.97 Å². The summed E-state index contributed by atoms with van der Waals surface area (Å²) in [4.78, 5) is 30.4. The predicted octanol–water partition coefficient (Wildman–Crippen LogP) is 4.75. The van der Waals surface area contributed by atoms with E-state index in [1.165, 1.54) is 0 Å². The maximum atomic E-state index is 11.8. The number of nitrogens with one attached hydrogen (secondary N) is 1. The van der Waals surface area contributed by atoms with Crippen LogP contribution in [0.1, 0.15) is 66.1 Å². The van der Waals surface area contributed by atoms with Crippen LogP contribution in [0.15, 0.2) is 24.3 Å². The second kappa shape index (κ2) is 11.9. The molecule has 2 heterocycles. The minimum Gasteiger partial charge on any atom is -0.412 e. The first-order valence-electron chi connectivity index (χ1n) is 12.5. The fraction of sp³-hybridized carbons (Fsp3) is 0.577. The van der Waals surface area contributed by atoms with Crippen LogP contribution in [0, 0.1) is 5.92 Å². The average Bonchev–Trinajstić information content (AvgIpc) is 3.19. The Kier molecular flexibility index (Phi) is 8.92. The van der Waals surface area contributed by atoms with Crippen LogP contribution in [0.25, 0.3) is 21.9 Å². The van der Waals surface area contributed by atoms with E-state index in [1.54, 1.807) is 0 Å². The first-order valence-corrected chi connectivity index (χ1v) is 12.5. The number of fused-ring (bicyclic) bond motifs is 3. The molecule has 0 saturated carbocycles. The third-order valence-corrected chi connectivity index (χ3v) is 5.93. The summed E-state index contributed by atoms with van der Waals surface area (Å²) in [6.45, 7) is 13.3. The van der Waals surface area contributed by atoms with Crippen molar-refractivity contribution < 1.29 is 9.63 Å². The van der Waals surface area contributed by atoms with E-state index in [9.17, 15) is 4.79 Å². The summed E-state index contributed by atoms with van der Waals surface area (Å²) in [5.74, 6) is 1.99. The van der Waals surface area contributed by atoms with E-state index in [2.05, 4.69) is 43.1 Å². The topological polar surface area (TPSA) is 72.3 Å². The Labute approximate surface area is 197 Å². The highest BCUT2D eigenvalue weighted by Gasteiger charge is 2.21. The fourth-order valence-electron chi connectivity index (χ4n) is 3.96. The van der Waals surface area contributed by atoms with Gasteiger partial charge in [0.2, 0.25) is 5.91 Å². The molecule has 0 radical (unpaired) electrons. The van der Waals surface area contributed by atoms with Crippen LogP contribution in [0.4, 0.5) is 5.82 Å². The third-order valence-electron chi connectivity index (χ3n) is 5.93. The summed E-state index contributed by atoms with van der Waals surface area (Å²) in [6.07, 6.45) is 4.75. The zero-order valence-electron chi connectivity index (χ0n) is 20.9. The molecule has 0 aliphatic carbocycles. The molecule has 1 N–H and O–H groups in total.